The number of aliphatic imine (C=N–C) groups is 1. The van der Waals surface area contributed by atoms with Crippen LogP contribution in [-0.4, -0.2) is 90.0 Å². The first-order chi connectivity index (χ1) is 21.9. The third-order valence-corrected chi connectivity index (χ3v) is 11.1. The van der Waals surface area contributed by atoms with Crippen molar-refractivity contribution in [3.63, 3.8) is 0 Å². The summed E-state index contributed by atoms with van der Waals surface area (Å²) in [6.07, 6.45) is -1.60. The lowest BCUT2D eigenvalue weighted by Crippen LogP contribution is -2.58. The molecule has 3 aliphatic rings. The van der Waals surface area contributed by atoms with Gasteiger partial charge in [0.15, 0.2) is 5.90 Å². The number of halogens is 3. The molecule has 3 heterocycles. The van der Waals surface area contributed by atoms with Gasteiger partial charge < -0.3 is 28.1 Å². The van der Waals surface area contributed by atoms with Gasteiger partial charge in [0.2, 0.25) is 26.8 Å². The van der Waals surface area contributed by atoms with Crippen molar-refractivity contribution in [2.24, 2.45) is 38.9 Å². The van der Waals surface area contributed by atoms with Crippen LogP contribution in [0, 0.1) is 23.7 Å². The molecule has 3 rings (SSSR count). The van der Waals surface area contributed by atoms with Crippen molar-refractivity contribution in [1.82, 2.24) is 5.32 Å². The second kappa shape index (κ2) is 18.0. The summed E-state index contributed by atoms with van der Waals surface area (Å²) in [6.45, 7) is 17.2. The number of fused-ring (bicyclic) bond motifs is 1. The summed E-state index contributed by atoms with van der Waals surface area (Å²) < 4.78 is 81.8. The Balaban J connectivity index is 0.000000372. The van der Waals surface area contributed by atoms with Gasteiger partial charge in [-0.05, 0) is 54.4 Å². The van der Waals surface area contributed by atoms with Crippen LogP contribution in [0.1, 0.15) is 48.5 Å². The highest BCUT2D eigenvalue weighted by Gasteiger charge is 2.49. The fraction of sp³-hybridized carbons (Fsp3) is 0.885. The number of amides is 1. The van der Waals surface area contributed by atoms with Crippen molar-refractivity contribution in [2.75, 3.05) is 13.1 Å². The number of hydrogen-bond donors (Lipinski definition) is 1. The molecule has 0 aromatic carbocycles. The molecule has 2 fully saturated rings. The smallest absolute Gasteiger partial charge is 0.450 e. The lowest BCUT2D eigenvalue weighted by Gasteiger charge is -2.43. The maximum atomic E-state index is 11.7. The zero-order valence-corrected chi connectivity index (χ0v) is 30.4. The molecule has 10 atom stereocenters. The summed E-state index contributed by atoms with van der Waals surface area (Å²) >= 11 is 0. The maximum absolute atomic E-state index is 11.7. The Labute approximate surface area is 278 Å². The quantitative estimate of drug-likeness (QED) is 0.0865. The molecule has 0 aliphatic carbocycles. The van der Waals surface area contributed by atoms with Crippen LogP contribution in [0.2, 0.25) is 19.6 Å². The molecule has 274 valence electrons. The molecule has 48 heavy (non-hydrogen) atoms. The summed E-state index contributed by atoms with van der Waals surface area (Å²) in [5.74, 6) is 0.705. The summed E-state index contributed by atoms with van der Waals surface area (Å²) in [5, 5.41) is 9.83. The number of alkyl halides is 3. The number of carbonyl (C=O) groups excluding carboxylic acids is 2. The molecule has 0 aromatic heterocycles. The van der Waals surface area contributed by atoms with Gasteiger partial charge in [0.25, 0.3) is 0 Å². The van der Waals surface area contributed by atoms with E-state index in [4.69, 9.17) is 30.0 Å². The second-order valence-corrected chi connectivity index (χ2v) is 18.8. The molecule has 0 aromatic rings. The first kappa shape index (κ1) is 42.9. The van der Waals surface area contributed by atoms with Crippen LogP contribution in [-0.2, 0) is 42.5 Å². The second-order valence-electron chi connectivity index (χ2n) is 12.5. The van der Waals surface area contributed by atoms with Crippen molar-refractivity contribution < 1.29 is 54.0 Å². The van der Waals surface area contributed by atoms with Crippen LogP contribution in [0.25, 0.3) is 20.9 Å². The third kappa shape index (κ3) is 13.1. The standard InChI is InChI=1S/C12H20N4O4.C10H16N4O2.C4H9F3O3SSi/c1-6-7(2)11(15-8(3)17)12(19-9(4)18)20-10(6)5-14-16-13;1-5-6(2)9-10(15-7(3)13-9)16-8(5)4-12-14-11;1-12(2,3)10-11(8,9)4(5,6)7/h6-7,10-12H,5H2,1-4H3,(H,15,17);5-6,8-10H,4H2,1-3H3;1-3H3. The van der Waals surface area contributed by atoms with E-state index < -0.39 is 42.2 Å². The predicted molar refractivity (Wildman–Crippen MR) is 169 cm³/mol. The van der Waals surface area contributed by atoms with Gasteiger partial charge in [0.05, 0.1) is 31.3 Å². The van der Waals surface area contributed by atoms with E-state index >= 15 is 0 Å². The summed E-state index contributed by atoms with van der Waals surface area (Å²) in [6, 6.07) is -0.342. The monoisotopic (exact) mass is 730 g/mol. The molecule has 10 unspecified atom stereocenters. The predicted octanol–water partition coefficient (Wildman–Crippen LogP) is 5.16. The van der Waals surface area contributed by atoms with Crippen molar-refractivity contribution in [2.45, 2.75) is 110 Å². The molecule has 1 N–H and O–H groups in total. The molecule has 2 saturated heterocycles. The molecule has 22 heteroatoms. The molecular weight excluding hydrogens is 685 g/mol. The van der Waals surface area contributed by atoms with E-state index in [-0.39, 0.29) is 48.8 Å². The average molecular weight is 731 g/mol. The lowest BCUT2D eigenvalue weighted by molar-refractivity contribution is -0.229. The topological polar surface area (TPSA) is 236 Å². The van der Waals surface area contributed by atoms with Crippen molar-refractivity contribution in [3.05, 3.63) is 20.9 Å². The minimum atomic E-state index is -5.39. The molecule has 0 radical (unpaired) electrons. The number of carbonyl (C=O) groups is 2. The normalized spacial score (nSPS) is 31.3. The Bertz CT molecular complexity index is 1350. The largest absolute Gasteiger partial charge is 0.522 e. The van der Waals surface area contributed by atoms with Crippen molar-refractivity contribution in [1.29, 1.82) is 0 Å². The first-order valence-corrected chi connectivity index (χ1v) is 19.8. The van der Waals surface area contributed by atoms with Gasteiger partial charge in [-0.3, -0.25) is 9.59 Å². The van der Waals surface area contributed by atoms with Crippen LogP contribution < -0.4 is 5.32 Å². The minimum absolute atomic E-state index is 0.0101. The van der Waals surface area contributed by atoms with E-state index in [0.717, 1.165) is 0 Å². The van der Waals surface area contributed by atoms with Crippen LogP contribution >= 0.6 is 0 Å². The Kier molecular flexibility index (Phi) is 16.1. The first-order valence-electron chi connectivity index (χ1n) is 15.0. The van der Waals surface area contributed by atoms with Crippen molar-refractivity contribution >= 4 is 36.2 Å². The third-order valence-electron chi connectivity index (χ3n) is 7.69. The van der Waals surface area contributed by atoms with Gasteiger partial charge in [-0.25, -0.2) is 4.99 Å². The van der Waals surface area contributed by atoms with Crippen LogP contribution in [0.5, 0.6) is 0 Å². The Morgan fingerprint density at radius 2 is 1.46 bits per heavy atom. The fourth-order valence-corrected chi connectivity index (χ4v) is 7.99. The number of azide groups is 2. The Hall–Kier alpha value is -3.13. The number of hydrogen-bond acceptors (Lipinski definition) is 12. The van der Waals surface area contributed by atoms with E-state index in [0.29, 0.717) is 24.3 Å². The number of rotatable bonds is 8. The van der Waals surface area contributed by atoms with E-state index in [2.05, 4.69) is 48.1 Å². The van der Waals surface area contributed by atoms with E-state index in [1.807, 2.05) is 20.8 Å². The van der Waals surface area contributed by atoms with Gasteiger partial charge in [-0.1, -0.05) is 37.9 Å². The summed E-state index contributed by atoms with van der Waals surface area (Å²) in [7, 11) is -8.10. The van der Waals surface area contributed by atoms with E-state index in [1.165, 1.54) is 33.5 Å². The van der Waals surface area contributed by atoms with Crippen LogP contribution in [0.4, 0.5) is 13.2 Å². The van der Waals surface area contributed by atoms with Gasteiger partial charge in [0.1, 0.15) is 6.04 Å². The van der Waals surface area contributed by atoms with Gasteiger partial charge in [-0.15, -0.1) is 0 Å². The summed E-state index contributed by atoms with van der Waals surface area (Å²) in [5.41, 5.74) is 11.4. The Morgan fingerprint density at radius 3 is 1.88 bits per heavy atom. The highest BCUT2D eigenvalue weighted by molar-refractivity contribution is 7.88. The van der Waals surface area contributed by atoms with E-state index in [9.17, 15) is 31.2 Å². The number of esters is 1. The number of ether oxygens (including phenoxy) is 4. The highest BCUT2D eigenvalue weighted by atomic mass is 32.2. The molecule has 17 nitrogen and oxygen atoms in total. The molecule has 3 aliphatic heterocycles. The molecule has 0 spiro atoms. The number of nitrogens with one attached hydrogen (secondary N) is 1. The number of nitrogens with zero attached hydrogens (tertiary/aromatic N) is 7. The minimum Gasteiger partial charge on any atom is -0.450 e. The van der Waals surface area contributed by atoms with E-state index in [1.54, 1.807) is 0 Å². The SMILES string of the molecule is CC(=O)NC1C(OC(C)=O)OC(CN=[N+]=[N-])C(C)C1C.CC1=NC2C(O1)OC(CN=[N+]=[N-])C(C)C2C.C[Si](C)(C)OS(=O)(=O)C(F)(F)F. The highest BCUT2D eigenvalue weighted by Crippen LogP contribution is 2.36. The molecule has 0 bridgehead atoms. The molecule has 0 saturated carbocycles. The van der Waals surface area contributed by atoms with Crippen molar-refractivity contribution in [3.8, 4) is 0 Å². The zero-order chi connectivity index (χ0) is 37.2. The van der Waals surface area contributed by atoms with Gasteiger partial charge in [-0.2, -0.15) is 21.6 Å². The lowest BCUT2D eigenvalue weighted by atomic mass is 9.82. The van der Waals surface area contributed by atoms with Crippen LogP contribution in [0.3, 0.4) is 0 Å². The average Bonchev–Trinajstić information content (AvgIpc) is 3.32. The molecule has 1 amide bonds. The molecular formula is C26H45F3N8O9SSi. The van der Waals surface area contributed by atoms with Crippen LogP contribution in [0.15, 0.2) is 15.2 Å². The fourth-order valence-electron chi connectivity index (χ4n) is 4.98. The zero-order valence-electron chi connectivity index (χ0n) is 28.5. The summed E-state index contributed by atoms with van der Waals surface area (Å²) in [4.78, 5) is 32.3. The maximum Gasteiger partial charge on any atom is 0.522 e. The van der Waals surface area contributed by atoms with Gasteiger partial charge >= 0.3 is 21.6 Å². The van der Waals surface area contributed by atoms with Gasteiger partial charge in [0, 0.05) is 30.6 Å². The Morgan fingerprint density at radius 1 is 0.958 bits per heavy atom.